The van der Waals surface area contributed by atoms with Crippen LogP contribution in [0.2, 0.25) is 0 Å². The Balaban J connectivity index is 2.08. The second-order valence-corrected chi connectivity index (χ2v) is 5.79. The number of hydrogen-bond donors (Lipinski definition) is 0. The maximum absolute atomic E-state index is 6.08. The van der Waals surface area contributed by atoms with Crippen LogP contribution >= 0.6 is 0 Å². The number of aryl methyl sites for hydroxylation is 3. The van der Waals surface area contributed by atoms with Crippen molar-refractivity contribution in [2.45, 2.75) is 13.8 Å². The van der Waals surface area contributed by atoms with E-state index in [1.54, 1.807) is 0 Å². The van der Waals surface area contributed by atoms with Crippen molar-refractivity contribution in [2.24, 2.45) is 7.05 Å². The summed E-state index contributed by atoms with van der Waals surface area (Å²) in [5, 5.41) is 2.18. The number of nitrogens with zero attached hydrogens (tertiary/aromatic N) is 2. The molecule has 108 valence electrons. The molecule has 0 aliphatic carbocycles. The van der Waals surface area contributed by atoms with E-state index in [0.29, 0.717) is 5.71 Å². The molecule has 0 N–H and O–H groups in total. The molecule has 0 amide bonds. The predicted octanol–water partition coefficient (Wildman–Crippen LogP) is 4.09. The lowest BCUT2D eigenvalue weighted by Crippen LogP contribution is -2.30. The molecule has 0 aliphatic rings. The van der Waals surface area contributed by atoms with E-state index < -0.39 is 0 Å². The Bertz CT molecular complexity index is 1010. The summed E-state index contributed by atoms with van der Waals surface area (Å²) in [5.41, 5.74) is 6.03. The average Bonchev–Trinajstić information content (AvgIpc) is 2.85. The fraction of sp³-hybridized carbons (Fsp3) is 0.158. The molecule has 0 spiro atoms. The Morgan fingerprint density at radius 3 is 2.64 bits per heavy atom. The Morgan fingerprint density at radius 1 is 0.955 bits per heavy atom. The van der Waals surface area contributed by atoms with Crippen molar-refractivity contribution in [2.75, 3.05) is 0 Å². The maximum atomic E-state index is 6.08. The molecule has 0 saturated heterocycles. The van der Waals surface area contributed by atoms with Crippen molar-refractivity contribution in [3.05, 3.63) is 59.9 Å². The Morgan fingerprint density at radius 2 is 1.82 bits per heavy atom. The van der Waals surface area contributed by atoms with Crippen molar-refractivity contribution < 1.29 is 8.98 Å². The number of fused-ring (bicyclic) bond motifs is 3. The molecule has 3 nitrogen and oxygen atoms in total. The van der Waals surface area contributed by atoms with Gasteiger partial charge in [0.15, 0.2) is 11.8 Å². The number of rotatable bonds is 1. The number of para-hydroxylation sites is 1. The summed E-state index contributed by atoms with van der Waals surface area (Å²) in [7, 11) is 2.06. The molecular formula is C19H17N2O+. The predicted molar refractivity (Wildman–Crippen MR) is 87.6 cm³/mol. The van der Waals surface area contributed by atoms with Gasteiger partial charge in [0, 0.05) is 28.1 Å². The largest absolute Gasteiger partial charge is 0.437 e. The van der Waals surface area contributed by atoms with Crippen LogP contribution in [0, 0.1) is 13.8 Å². The third-order valence-corrected chi connectivity index (χ3v) is 4.06. The number of hydrogen-bond acceptors (Lipinski definition) is 2. The fourth-order valence-corrected chi connectivity index (χ4v) is 3.00. The summed E-state index contributed by atoms with van der Waals surface area (Å²) in [4.78, 5) is 4.51. The molecule has 0 radical (unpaired) electrons. The zero-order valence-corrected chi connectivity index (χ0v) is 12.9. The second-order valence-electron chi connectivity index (χ2n) is 5.79. The molecule has 4 aromatic rings. The average molecular weight is 289 g/mol. The van der Waals surface area contributed by atoms with Gasteiger partial charge in [0.25, 0.3) is 0 Å². The lowest BCUT2D eigenvalue weighted by atomic mass is 10.1. The van der Waals surface area contributed by atoms with E-state index in [2.05, 4.69) is 66.1 Å². The smallest absolute Gasteiger partial charge is 0.227 e. The van der Waals surface area contributed by atoms with Gasteiger partial charge < -0.3 is 4.42 Å². The third kappa shape index (κ3) is 1.90. The first-order valence-corrected chi connectivity index (χ1v) is 7.39. The Labute approximate surface area is 128 Å². The molecule has 0 fully saturated rings. The molecule has 1 aromatic carbocycles. The SMILES string of the molecule is Cc1ccc(-c2cccc3c2oc2nc(C)ccc23)[n+](C)c1. The van der Waals surface area contributed by atoms with Crippen LogP contribution in [0.25, 0.3) is 33.3 Å². The monoisotopic (exact) mass is 289 g/mol. The topological polar surface area (TPSA) is 29.9 Å². The minimum absolute atomic E-state index is 0.706. The summed E-state index contributed by atoms with van der Waals surface area (Å²) in [6.07, 6.45) is 2.12. The van der Waals surface area contributed by atoms with Gasteiger partial charge in [0.2, 0.25) is 11.4 Å². The van der Waals surface area contributed by atoms with Crippen LogP contribution < -0.4 is 4.57 Å². The highest BCUT2D eigenvalue weighted by Crippen LogP contribution is 2.33. The molecule has 0 atom stereocenters. The van der Waals surface area contributed by atoms with Gasteiger partial charge >= 0.3 is 0 Å². The van der Waals surface area contributed by atoms with Crippen LogP contribution in [0.3, 0.4) is 0 Å². The summed E-state index contributed by atoms with van der Waals surface area (Å²) in [6.45, 7) is 4.08. The van der Waals surface area contributed by atoms with Crippen LogP contribution in [-0.2, 0) is 7.05 Å². The normalized spacial score (nSPS) is 11.4. The van der Waals surface area contributed by atoms with Crippen LogP contribution in [0.1, 0.15) is 11.3 Å². The lowest BCUT2D eigenvalue weighted by Gasteiger charge is -2.01. The van der Waals surface area contributed by atoms with Gasteiger partial charge in [-0.1, -0.05) is 12.1 Å². The first-order valence-electron chi connectivity index (χ1n) is 7.39. The lowest BCUT2D eigenvalue weighted by molar-refractivity contribution is -0.660. The molecule has 3 aromatic heterocycles. The standard InChI is InChI=1S/C19H17N2O/c1-12-7-10-17(21(3)11-12)16-6-4-5-14-15-9-8-13(2)20-19(15)22-18(14)16/h4-11H,1-3H3/q+1. The summed E-state index contributed by atoms with van der Waals surface area (Å²) in [6, 6.07) is 14.6. The highest BCUT2D eigenvalue weighted by atomic mass is 16.3. The van der Waals surface area contributed by atoms with E-state index in [4.69, 9.17) is 4.42 Å². The maximum Gasteiger partial charge on any atom is 0.227 e. The molecule has 0 aliphatic heterocycles. The van der Waals surface area contributed by atoms with E-state index in [9.17, 15) is 0 Å². The highest BCUT2D eigenvalue weighted by Gasteiger charge is 2.18. The van der Waals surface area contributed by atoms with Gasteiger partial charge in [-0.05, 0) is 38.1 Å². The zero-order valence-electron chi connectivity index (χ0n) is 12.9. The van der Waals surface area contributed by atoms with Crippen LogP contribution in [0.15, 0.2) is 53.1 Å². The molecular weight excluding hydrogens is 272 g/mol. The third-order valence-electron chi connectivity index (χ3n) is 4.06. The van der Waals surface area contributed by atoms with E-state index in [-0.39, 0.29) is 0 Å². The minimum atomic E-state index is 0.706. The van der Waals surface area contributed by atoms with Gasteiger partial charge in [0.1, 0.15) is 7.05 Å². The molecule has 3 heteroatoms. The molecule has 3 heterocycles. The summed E-state index contributed by atoms with van der Waals surface area (Å²) in [5.74, 6) is 0. The van der Waals surface area contributed by atoms with Crippen molar-refractivity contribution >= 4 is 22.1 Å². The van der Waals surface area contributed by atoms with Crippen molar-refractivity contribution in [3.63, 3.8) is 0 Å². The summed E-state index contributed by atoms with van der Waals surface area (Å²) >= 11 is 0. The van der Waals surface area contributed by atoms with Crippen LogP contribution in [0.5, 0.6) is 0 Å². The first-order chi connectivity index (χ1) is 10.6. The van der Waals surface area contributed by atoms with Crippen molar-refractivity contribution in [1.82, 2.24) is 4.98 Å². The van der Waals surface area contributed by atoms with Gasteiger partial charge in [-0.25, -0.2) is 9.55 Å². The molecule has 22 heavy (non-hydrogen) atoms. The van der Waals surface area contributed by atoms with Gasteiger partial charge in [-0.2, -0.15) is 0 Å². The fourth-order valence-electron chi connectivity index (χ4n) is 3.00. The number of pyridine rings is 2. The molecule has 0 bridgehead atoms. The van der Waals surface area contributed by atoms with Crippen LogP contribution in [0.4, 0.5) is 0 Å². The number of furan rings is 1. The quantitative estimate of drug-likeness (QED) is 0.494. The number of benzene rings is 1. The van der Waals surface area contributed by atoms with E-state index in [1.807, 2.05) is 13.0 Å². The van der Waals surface area contributed by atoms with E-state index >= 15 is 0 Å². The van der Waals surface area contributed by atoms with Crippen molar-refractivity contribution in [3.8, 4) is 11.3 Å². The number of aromatic nitrogens is 2. The Hall–Kier alpha value is -2.68. The van der Waals surface area contributed by atoms with Crippen molar-refractivity contribution in [1.29, 1.82) is 0 Å². The minimum Gasteiger partial charge on any atom is -0.437 e. The first kappa shape index (κ1) is 13.0. The zero-order chi connectivity index (χ0) is 15.3. The van der Waals surface area contributed by atoms with E-state index in [0.717, 1.165) is 33.3 Å². The van der Waals surface area contributed by atoms with Gasteiger partial charge in [-0.15, -0.1) is 0 Å². The van der Waals surface area contributed by atoms with Gasteiger partial charge in [-0.3, -0.25) is 0 Å². The molecule has 4 rings (SSSR count). The summed E-state index contributed by atoms with van der Waals surface area (Å²) < 4.78 is 8.21. The van der Waals surface area contributed by atoms with Crippen LogP contribution in [-0.4, -0.2) is 4.98 Å². The highest BCUT2D eigenvalue weighted by molar-refractivity contribution is 6.08. The molecule has 0 saturated carbocycles. The Kier molecular flexibility index (Phi) is 2.76. The van der Waals surface area contributed by atoms with Gasteiger partial charge in [0.05, 0.1) is 5.56 Å². The van der Waals surface area contributed by atoms with E-state index in [1.165, 1.54) is 5.56 Å². The molecule has 0 unspecified atom stereocenters. The second kappa shape index (κ2) is 4.67.